The van der Waals surface area contributed by atoms with Gasteiger partial charge in [-0.3, -0.25) is 4.90 Å². The average Bonchev–Trinajstić information content (AvgIpc) is 2.80. The number of nitrogens with zero attached hydrogens (tertiary/aromatic N) is 2. The van der Waals surface area contributed by atoms with E-state index in [-0.39, 0.29) is 12.2 Å². The molecule has 1 atom stereocenters. The Kier molecular flexibility index (Phi) is 5.21. The molecule has 2 aliphatic heterocycles. The van der Waals surface area contributed by atoms with Gasteiger partial charge >= 0.3 is 18.2 Å². The van der Waals surface area contributed by atoms with Crippen molar-refractivity contribution >= 4 is 29.5 Å². The van der Waals surface area contributed by atoms with Crippen molar-refractivity contribution in [1.29, 1.82) is 0 Å². The Hall–Kier alpha value is -2.88. The summed E-state index contributed by atoms with van der Waals surface area (Å²) in [5.74, 6) is -1.57. The Bertz CT molecular complexity index is 720. The Labute approximate surface area is 148 Å². The van der Waals surface area contributed by atoms with Crippen molar-refractivity contribution in [2.24, 2.45) is 5.73 Å². The molecule has 0 aliphatic carbocycles. The first-order chi connectivity index (χ1) is 12.5. The Balaban J connectivity index is 1.73. The third-order valence-electron chi connectivity index (χ3n) is 4.08. The molecular weight excluding hydrogens is 349 g/mol. The number of carbonyl (C=O) groups is 3. The van der Waals surface area contributed by atoms with E-state index in [4.69, 9.17) is 15.2 Å². The van der Waals surface area contributed by atoms with Crippen LogP contribution in [0.25, 0.3) is 0 Å². The standard InChI is InChI=1S/C16H18FN3O6/c17-11-8-10(2-3-12(11)19-4-1-6-24-7-5-19)20-9-13(25-16(20)23)14(21)26-15(18)22/h2-3,8,13H,1,4-7,9H2,(H2,18,22). The van der Waals surface area contributed by atoms with E-state index in [2.05, 4.69) is 4.74 Å². The first-order valence-corrected chi connectivity index (χ1v) is 8.07. The fourth-order valence-corrected chi connectivity index (χ4v) is 2.87. The summed E-state index contributed by atoms with van der Waals surface area (Å²) in [6.45, 7) is 2.19. The lowest BCUT2D eigenvalue weighted by molar-refractivity contribution is -0.144. The van der Waals surface area contributed by atoms with Gasteiger partial charge in [0, 0.05) is 19.7 Å². The summed E-state index contributed by atoms with van der Waals surface area (Å²) in [5, 5.41) is 0. The van der Waals surface area contributed by atoms with Gasteiger partial charge in [0.2, 0.25) is 6.10 Å². The van der Waals surface area contributed by atoms with Crippen LogP contribution in [0.1, 0.15) is 6.42 Å². The number of anilines is 2. The summed E-state index contributed by atoms with van der Waals surface area (Å²) in [4.78, 5) is 37.2. The second-order valence-electron chi connectivity index (χ2n) is 5.81. The lowest BCUT2D eigenvalue weighted by Crippen LogP contribution is -2.32. The van der Waals surface area contributed by atoms with E-state index in [1.165, 1.54) is 6.07 Å². The average molecular weight is 367 g/mol. The Morgan fingerprint density at radius 3 is 2.81 bits per heavy atom. The number of esters is 1. The fraction of sp³-hybridized carbons (Fsp3) is 0.438. The van der Waals surface area contributed by atoms with Gasteiger partial charge in [-0.2, -0.15) is 0 Å². The van der Waals surface area contributed by atoms with Crippen molar-refractivity contribution in [3.63, 3.8) is 0 Å². The summed E-state index contributed by atoms with van der Waals surface area (Å²) in [5.41, 5.74) is 5.41. The maximum Gasteiger partial charge on any atom is 0.415 e. The highest BCUT2D eigenvalue weighted by atomic mass is 19.1. The molecule has 1 aromatic rings. The topological polar surface area (TPSA) is 111 Å². The molecule has 2 fully saturated rings. The summed E-state index contributed by atoms with van der Waals surface area (Å²) in [6.07, 6.45) is -2.64. The van der Waals surface area contributed by atoms with Gasteiger partial charge in [-0.15, -0.1) is 0 Å². The highest BCUT2D eigenvalue weighted by molar-refractivity contribution is 5.96. The van der Waals surface area contributed by atoms with Gasteiger partial charge < -0.3 is 24.8 Å². The number of primary amides is 1. The minimum atomic E-state index is -1.31. The van der Waals surface area contributed by atoms with E-state index in [9.17, 15) is 18.8 Å². The summed E-state index contributed by atoms with van der Waals surface area (Å²) in [6, 6.07) is 4.33. The minimum Gasteiger partial charge on any atom is -0.432 e. The number of cyclic esters (lactones) is 1. The molecule has 1 aromatic carbocycles. The number of nitrogens with two attached hydrogens (primary N) is 1. The molecule has 2 amide bonds. The van der Waals surface area contributed by atoms with Gasteiger partial charge in [-0.25, -0.2) is 18.8 Å². The predicted molar refractivity (Wildman–Crippen MR) is 87.3 cm³/mol. The van der Waals surface area contributed by atoms with Crippen LogP contribution in [0.3, 0.4) is 0 Å². The predicted octanol–water partition coefficient (Wildman–Crippen LogP) is 0.999. The SMILES string of the molecule is NC(=O)OC(=O)C1CN(c2ccc(N3CCCOCC3)c(F)c2)C(=O)O1. The van der Waals surface area contributed by atoms with Crippen LogP contribution in [0.4, 0.5) is 25.4 Å². The third-order valence-corrected chi connectivity index (χ3v) is 4.08. The summed E-state index contributed by atoms with van der Waals surface area (Å²) < 4.78 is 29.0. The van der Waals surface area contributed by atoms with Crippen LogP contribution in [-0.2, 0) is 19.0 Å². The van der Waals surface area contributed by atoms with Crippen molar-refractivity contribution in [3.05, 3.63) is 24.0 Å². The number of amides is 2. The van der Waals surface area contributed by atoms with Crippen LogP contribution in [-0.4, -0.2) is 57.1 Å². The van der Waals surface area contributed by atoms with E-state index >= 15 is 0 Å². The van der Waals surface area contributed by atoms with Crippen LogP contribution in [0.2, 0.25) is 0 Å². The molecule has 0 bridgehead atoms. The molecule has 1 unspecified atom stereocenters. The number of halogens is 1. The fourth-order valence-electron chi connectivity index (χ4n) is 2.87. The number of rotatable bonds is 3. The lowest BCUT2D eigenvalue weighted by Gasteiger charge is -2.23. The number of carbonyl (C=O) groups excluding carboxylic acids is 3. The molecule has 2 saturated heterocycles. The number of benzene rings is 1. The van der Waals surface area contributed by atoms with E-state index < -0.39 is 30.1 Å². The molecule has 26 heavy (non-hydrogen) atoms. The molecule has 9 nitrogen and oxygen atoms in total. The van der Waals surface area contributed by atoms with Gasteiger partial charge in [-0.05, 0) is 24.6 Å². The number of ether oxygens (including phenoxy) is 3. The van der Waals surface area contributed by atoms with Crippen LogP contribution >= 0.6 is 0 Å². The second kappa shape index (κ2) is 7.56. The first-order valence-electron chi connectivity index (χ1n) is 8.07. The highest BCUT2D eigenvalue weighted by Gasteiger charge is 2.39. The quantitative estimate of drug-likeness (QED) is 0.626. The largest absolute Gasteiger partial charge is 0.432 e. The van der Waals surface area contributed by atoms with Gasteiger partial charge in [0.25, 0.3) is 0 Å². The van der Waals surface area contributed by atoms with Gasteiger partial charge in [0.1, 0.15) is 5.82 Å². The molecule has 2 heterocycles. The van der Waals surface area contributed by atoms with Gasteiger partial charge in [-0.1, -0.05) is 0 Å². The molecule has 0 spiro atoms. The monoisotopic (exact) mass is 367 g/mol. The van der Waals surface area contributed by atoms with Crippen molar-refractivity contribution in [1.82, 2.24) is 0 Å². The smallest absolute Gasteiger partial charge is 0.415 e. The van der Waals surface area contributed by atoms with Crippen LogP contribution in [0, 0.1) is 5.82 Å². The normalized spacial score (nSPS) is 20.5. The third kappa shape index (κ3) is 3.85. The van der Waals surface area contributed by atoms with E-state index in [1.807, 2.05) is 4.90 Å². The van der Waals surface area contributed by atoms with Crippen LogP contribution < -0.4 is 15.5 Å². The zero-order chi connectivity index (χ0) is 18.7. The van der Waals surface area contributed by atoms with Crippen molar-refractivity contribution in [2.45, 2.75) is 12.5 Å². The van der Waals surface area contributed by atoms with Crippen LogP contribution in [0.15, 0.2) is 18.2 Å². The Morgan fingerprint density at radius 2 is 2.08 bits per heavy atom. The number of hydrogen-bond donors (Lipinski definition) is 1. The summed E-state index contributed by atoms with van der Waals surface area (Å²) in [7, 11) is 0. The van der Waals surface area contributed by atoms with E-state index in [0.29, 0.717) is 32.0 Å². The van der Waals surface area contributed by atoms with Gasteiger partial charge in [0.15, 0.2) is 0 Å². The molecule has 0 saturated carbocycles. The molecule has 0 aromatic heterocycles. The maximum absolute atomic E-state index is 14.6. The van der Waals surface area contributed by atoms with E-state index in [1.54, 1.807) is 12.1 Å². The first kappa shape index (κ1) is 17.9. The lowest BCUT2D eigenvalue weighted by atomic mass is 10.2. The van der Waals surface area contributed by atoms with Crippen LogP contribution in [0.5, 0.6) is 0 Å². The zero-order valence-corrected chi connectivity index (χ0v) is 13.9. The van der Waals surface area contributed by atoms with Crippen molar-refractivity contribution in [2.75, 3.05) is 42.6 Å². The second-order valence-corrected chi connectivity index (χ2v) is 5.81. The molecular formula is C16H18FN3O6. The maximum atomic E-state index is 14.6. The van der Waals surface area contributed by atoms with Crippen molar-refractivity contribution < 1.29 is 33.0 Å². The van der Waals surface area contributed by atoms with E-state index in [0.717, 1.165) is 11.3 Å². The summed E-state index contributed by atoms with van der Waals surface area (Å²) >= 11 is 0. The minimum absolute atomic E-state index is 0.207. The molecule has 2 aliphatic rings. The Morgan fingerprint density at radius 1 is 1.27 bits per heavy atom. The highest BCUT2D eigenvalue weighted by Crippen LogP contribution is 2.28. The molecule has 10 heteroatoms. The zero-order valence-electron chi connectivity index (χ0n) is 13.9. The molecule has 3 rings (SSSR count). The van der Waals surface area contributed by atoms with Gasteiger partial charge in [0.05, 0.1) is 24.5 Å². The molecule has 140 valence electrons. The molecule has 0 radical (unpaired) electrons. The van der Waals surface area contributed by atoms with Crippen molar-refractivity contribution in [3.8, 4) is 0 Å². The number of hydrogen-bond acceptors (Lipinski definition) is 7. The molecule has 2 N–H and O–H groups in total.